The maximum atomic E-state index is 12.0. The molecule has 0 unspecified atom stereocenters. The molecule has 1 aromatic heterocycles. The summed E-state index contributed by atoms with van der Waals surface area (Å²) in [5, 5.41) is 18.3. The van der Waals surface area contributed by atoms with E-state index in [9.17, 15) is 9.90 Å². The summed E-state index contributed by atoms with van der Waals surface area (Å²) in [6.45, 7) is 6.43. The van der Waals surface area contributed by atoms with Crippen LogP contribution in [0, 0.1) is 0 Å². The van der Waals surface area contributed by atoms with Gasteiger partial charge in [0.25, 0.3) is 0 Å². The first kappa shape index (κ1) is 14.8. The number of carbonyl (C=O) groups excluding carboxylic acids is 1. The first-order valence-electron chi connectivity index (χ1n) is 6.77. The molecule has 1 aliphatic heterocycles. The van der Waals surface area contributed by atoms with Gasteiger partial charge in [-0.1, -0.05) is 5.21 Å². The zero-order valence-electron chi connectivity index (χ0n) is 12.5. The Morgan fingerprint density at radius 2 is 2.00 bits per heavy atom. The third-order valence-corrected chi connectivity index (χ3v) is 3.43. The van der Waals surface area contributed by atoms with Crippen molar-refractivity contribution >= 4 is 6.09 Å². The number of likely N-dealkylation sites (tertiary alicyclic amines) is 1. The summed E-state index contributed by atoms with van der Waals surface area (Å²) in [6.07, 6.45) is 2.15. The molecule has 0 spiro atoms. The molecule has 1 fully saturated rings. The molecule has 2 rings (SSSR count). The summed E-state index contributed by atoms with van der Waals surface area (Å²) in [4.78, 5) is 13.6. The minimum absolute atomic E-state index is 0.331. The second-order valence-corrected chi connectivity index (χ2v) is 6.24. The lowest BCUT2D eigenvalue weighted by atomic mass is 9.88. The highest BCUT2D eigenvalue weighted by Gasteiger charge is 2.38. The molecular formula is C13H22N4O3. The number of piperidine rings is 1. The lowest BCUT2D eigenvalue weighted by Gasteiger charge is -2.38. The van der Waals surface area contributed by atoms with E-state index in [1.807, 2.05) is 20.8 Å². The Hall–Kier alpha value is -1.63. The number of hydrogen-bond acceptors (Lipinski definition) is 5. The summed E-state index contributed by atoms with van der Waals surface area (Å²) < 4.78 is 6.91. The van der Waals surface area contributed by atoms with Crippen molar-refractivity contribution in [2.45, 2.75) is 44.8 Å². The Kier molecular flexibility index (Phi) is 3.73. The zero-order chi connectivity index (χ0) is 15.0. The summed E-state index contributed by atoms with van der Waals surface area (Å²) in [6, 6.07) is 0. The fraction of sp³-hybridized carbons (Fsp3) is 0.769. The van der Waals surface area contributed by atoms with Crippen LogP contribution in [0.1, 0.15) is 39.3 Å². The monoisotopic (exact) mass is 282 g/mol. The summed E-state index contributed by atoms with van der Waals surface area (Å²) >= 11 is 0. The van der Waals surface area contributed by atoms with Gasteiger partial charge in [0.1, 0.15) is 11.2 Å². The standard InChI is InChI=1S/C13H22N4O3/c1-12(2,3)20-11(18)17-7-5-13(19,6-8-17)10-9-14-15-16(10)4/h9,19H,5-8H2,1-4H3. The van der Waals surface area contributed by atoms with Crippen LogP contribution in [-0.4, -0.2) is 49.8 Å². The molecule has 20 heavy (non-hydrogen) atoms. The van der Waals surface area contributed by atoms with Gasteiger partial charge in [0.05, 0.1) is 11.9 Å². The van der Waals surface area contributed by atoms with Crippen molar-refractivity contribution in [3.05, 3.63) is 11.9 Å². The van der Waals surface area contributed by atoms with Gasteiger partial charge in [-0.25, -0.2) is 9.48 Å². The van der Waals surface area contributed by atoms with Gasteiger partial charge < -0.3 is 14.7 Å². The normalized spacial score (nSPS) is 18.9. The number of ether oxygens (including phenoxy) is 1. The molecule has 1 amide bonds. The van der Waals surface area contributed by atoms with E-state index in [0.717, 1.165) is 0 Å². The fourth-order valence-electron chi connectivity index (χ4n) is 2.35. The molecule has 7 heteroatoms. The summed E-state index contributed by atoms with van der Waals surface area (Å²) in [5.41, 5.74) is -0.797. The van der Waals surface area contributed by atoms with Gasteiger partial charge in [-0.2, -0.15) is 0 Å². The topological polar surface area (TPSA) is 80.5 Å². The van der Waals surface area contributed by atoms with E-state index >= 15 is 0 Å². The van der Waals surface area contributed by atoms with Crippen molar-refractivity contribution in [3.8, 4) is 0 Å². The largest absolute Gasteiger partial charge is 0.444 e. The van der Waals surface area contributed by atoms with E-state index in [4.69, 9.17) is 4.74 Å². The highest BCUT2D eigenvalue weighted by molar-refractivity contribution is 5.68. The summed E-state index contributed by atoms with van der Waals surface area (Å²) in [5.74, 6) is 0. The van der Waals surface area contributed by atoms with Gasteiger partial charge in [0.15, 0.2) is 0 Å². The first-order chi connectivity index (χ1) is 9.21. The molecule has 0 radical (unpaired) electrons. The number of aryl methyl sites for hydroxylation is 1. The lowest BCUT2D eigenvalue weighted by molar-refractivity contribution is -0.0401. The molecule has 0 aliphatic carbocycles. The second-order valence-electron chi connectivity index (χ2n) is 6.24. The van der Waals surface area contributed by atoms with Crippen LogP contribution in [-0.2, 0) is 17.4 Å². The van der Waals surface area contributed by atoms with Crippen LogP contribution < -0.4 is 0 Å². The molecule has 0 saturated carbocycles. The van der Waals surface area contributed by atoms with Crippen LogP contribution in [0.5, 0.6) is 0 Å². The molecule has 0 aromatic carbocycles. The SMILES string of the molecule is Cn1nncc1C1(O)CCN(C(=O)OC(C)(C)C)CC1. The predicted octanol–water partition coefficient (Wildman–Crippen LogP) is 1.03. The average molecular weight is 282 g/mol. The number of amides is 1. The van der Waals surface area contributed by atoms with E-state index in [-0.39, 0.29) is 6.09 Å². The Morgan fingerprint density at radius 1 is 1.40 bits per heavy atom. The van der Waals surface area contributed by atoms with Crippen LogP contribution >= 0.6 is 0 Å². The minimum atomic E-state index is -0.975. The van der Waals surface area contributed by atoms with Crippen LogP contribution in [0.15, 0.2) is 6.20 Å². The number of carbonyl (C=O) groups is 1. The van der Waals surface area contributed by atoms with Crippen molar-refractivity contribution in [3.63, 3.8) is 0 Å². The molecule has 1 N–H and O–H groups in total. The Morgan fingerprint density at radius 3 is 2.45 bits per heavy atom. The van der Waals surface area contributed by atoms with Gasteiger partial charge in [0.2, 0.25) is 0 Å². The van der Waals surface area contributed by atoms with Crippen LogP contribution in [0.25, 0.3) is 0 Å². The van der Waals surface area contributed by atoms with Gasteiger partial charge in [-0.15, -0.1) is 5.10 Å². The van der Waals surface area contributed by atoms with Gasteiger partial charge in [-0.3, -0.25) is 0 Å². The minimum Gasteiger partial charge on any atom is -0.444 e. The molecule has 1 saturated heterocycles. The zero-order valence-corrected chi connectivity index (χ0v) is 12.5. The van der Waals surface area contributed by atoms with Crippen molar-refractivity contribution in [1.29, 1.82) is 0 Å². The fourth-order valence-corrected chi connectivity index (χ4v) is 2.35. The summed E-state index contributed by atoms with van der Waals surface area (Å²) in [7, 11) is 1.75. The van der Waals surface area contributed by atoms with E-state index in [2.05, 4.69) is 10.3 Å². The molecular weight excluding hydrogens is 260 g/mol. The number of aromatic nitrogens is 3. The van der Waals surface area contributed by atoms with E-state index < -0.39 is 11.2 Å². The van der Waals surface area contributed by atoms with Crippen molar-refractivity contribution in [2.24, 2.45) is 7.05 Å². The third kappa shape index (κ3) is 3.09. The highest BCUT2D eigenvalue weighted by atomic mass is 16.6. The van der Waals surface area contributed by atoms with Crippen LogP contribution in [0.4, 0.5) is 4.79 Å². The molecule has 1 aromatic rings. The molecule has 1 aliphatic rings. The second kappa shape index (κ2) is 5.05. The van der Waals surface area contributed by atoms with Crippen LogP contribution in [0.3, 0.4) is 0 Å². The Bertz CT molecular complexity index is 484. The van der Waals surface area contributed by atoms with E-state index in [0.29, 0.717) is 31.6 Å². The smallest absolute Gasteiger partial charge is 0.410 e. The molecule has 7 nitrogen and oxygen atoms in total. The number of aliphatic hydroxyl groups is 1. The third-order valence-electron chi connectivity index (χ3n) is 3.43. The Balaban J connectivity index is 1.99. The van der Waals surface area contributed by atoms with Gasteiger partial charge in [0, 0.05) is 20.1 Å². The highest BCUT2D eigenvalue weighted by Crippen LogP contribution is 2.32. The van der Waals surface area contributed by atoms with Crippen molar-refractivity contribution in [1.82, 2.24) is 19.9 Å². The van der Waals surface area contributed by atoms with Crippen LogP contribution in [0.2, 0.25) is 0 Å². The van der Waals surface area contributed by atoms with E-state index in [1.54, 1.807) is 22.8 Å². The van der Waals surface area contributed by atoms with Crippen molar-refractivity contribution in [2.75, 3.05) is 13.1 Å². The predicted molar refractivity (Wildman–Crippen MR) is 71.9 cm³/mol. The Labute approximate surface area is 118 Å². The average Bonchev–Trinajstić information content (AvgIpc) is 2.74. The molecule has 2 heterocycles. The number of hydrogen-bond donors (Lipinski definition) is 1. The first-order valence-corrected chi connectivity index (χ1v) is 6.77. The lowest BCUT2D eigenvalue weighted by Crippen LogP contribution is -2.47. The molecule has 112 valence electrons. The van der Waals surface area contributed by atoms with Crippen molar-refractivity contribution < 1.29 is 14.6 Å². The maximum Gasteiger partial charge on any atom is 0.410 e. The van der Waals surface area contributed by atoms with E-state index in [1.165, 1.54) is 0 Å². The number of nitrogens with zero attached hydrogens (tertiary/aromatic N) is 4. The molecule has 0 atom stereocenters. The van der Waals surface area contributed by atoms with Gasteiger partial charge in [-0.05, 0) is 33.6 Å². The van der Waals surface area contributed by atoms with Gasteiger partial charge >= 0.3 is 6.09 Å². The maximum absolute atomic E-state index is 12.0. The quantitative estimate of drug-likeness (QED) is 0.832. The number of rotatable bonds is 1. The molecule has 0 bridgehead atoms.